The average molecular weight is 233 g/mol. The first-order valence-electron chi connectivity index (χ1n) is 6.06. The van der Waals surface area contributed by atoms with Crippen LogP contribution in [-0.4, -0.2) is 26.0 Å². The first-order valence-corrected chi connectivity index (χ1v) is 6.06. The first-order chi connectivity index (χ1) is 8.19. The van der Waals surface area contributed by atoms with Crippen LogP contribution in [0.25, 0.3) is 0 Å². The van der Waals surface area contributed by atoms with Crippen LogP contribution in [0.4, 0.5) is 5.69 Å². The molecule has 0 fully saturated rings. The van der Waals surface area contributed by atoms with Crippen LogP contribution < -0.4 is 9.64 Å². The summed E-state index contributed by atoms with van der Waals surface area (Å²) in [7, 11) is 1.69. The van der Waals surface area contributed by atoms with E-state index < -0.39 is 0 Å². The van der Waals surface area contributed by atoms with Gasteiger partial charge in [-0.2, -0.15) is 0 Å². The molecule has 1 aliphatic rings. The Labute approximate surface area is 102 Å². The van der Waals surface area contributed by atoms with Gasteiger partial charge in [0.25, 0.3) is 0 Å². The average Bonchev–Trinajstić information content (AvgIpc) is 2.69. The molecule has 0 spiro atoms. The number of fused-ring (bicyclic) bond motifs is 1. The molecule has 0 aromatic heterocycles. The third-order valence-electron chi connectivity index (χ3n) is 3.40. The summed E-state index contributed by atoms with van der Waals surface area (Å²) in [5.41, 5.74) is 2.40. The minimum absolute atomic E-state index is 0.265. The molecule has 0 N–H and O–H groups in total. The highest BCUT2D eigenvalue weighted by atomic mass is 16.5. The number of carbonyl (C=O) groups excluding carboxylic acids is 1. The highest BCUT2D eigenvalue weighted by Gasteiger charge is 2.32. The zero-order chi connectivity index (χ0) is 12.4. The Hall–Kier alpha value is -1.51. The summed E-state index contributed by atoms with van der Waals surface area (Å²) in [4.78, 5) is 13.1. The maximum atomic E-state index is 10.8. The molecule has 3 heteroatoms. The summed E-state index contributed by atoms with van der Waals surface area (Å²) in [6, 6.07) is 6.54. The van der Waals surface area contributed by atoms with Gasteiger partial charge in [-0.3, -0.25) is 0 Å². The minimum Gasteiger partial charge on any atom is -0.496 e. The van der Waals surface area contributed by atoms with Crippen LogP contribution in [0.2, 0.25) is 0 Å². The second kappa shape index (κ2) is 4.78. The van der Waals surface area contributed by atoms with Crippen molar-refractivity contribution in [2.24, 2.45) is 0 Å². The van der Waals surface area contributed by atoms with E-state index in [9.17, 15) is 4.79 Å². The van der Waals surface area contributed by atoms with Crippen LogP contribution in [-0.2, 0) is 4.79 Å². The zero-order valence-electron chi connectivity index (χ0n) is 10.6. The molecule has 0 amide bonds. The van der Waals surface area contributed by atoms with Gasteiger partial charge in [-0.25, -0.2) is 0 Å². The van der Waals surface area contributed by atoms with Crippen LogP contribution in [0, 0.1) is 0 Å². The standard InChI is InChI=1S/C14H19NO2/c1-10(2)15-9-11(7-8-16)14-12(15)5-4-6-13(14)17-3/h4-6,8,10-11H,7,9H2,1-3H3. The lowest BCUT2D eigenvalue weighted by atomic mass is 9.98. The molecule has 1 unspecified atom stereocenters. The monoisotopic (exact) mass is 233 g/mol. The molecule has 92 valence electrons. The Kier molecular flexibility index (Phi) is 3.36. The second-order valence-corrected chi connectivity index (χ2v) is 4.74. The Balaban J connectivity index is 2.46. The first kappa shape index (κ1) is 12.0. The topological polar surface area (TPSA) is 29.5 Å². The highest BCUT2D eigenvalue weighted by molar-refractivity contribution is 5.68. The van der Waals surface area contributed by atoms with Gasteiger partial charge in [0.15, 0.2) is 0 Å². The minimum atomic E-state index is 0.265. The van der Waals surface area contributed by atoms with Crippen molar-refractivity contribution in [1.29, 1.82) is 0 Å². The number of benzene rings is 1. The van der Waals surface area contributed by atoms with Gasteiger partial charge in [0.05, 0.1) is 7.11 Å². The van der Waals surface area contributed by atoms with Gasteiger partial charge in [0.2, 0.25) is 0 Å². The highest BCUT2D eigenvalue weighted by Crippen LogP contribution is 2.43. The number of nitrogens with zero attached hydrogens (tertiary/aromatic N) is 1. The smallest absolute Gasteiger partial charge is 0.124 e. The quantitative estimate of drug-likeness (QED) is 0.749. The van der Waals surface area contributed by atoms with Crippen molar-refractivity contribution < 1.29 is 9.53 Å². The summed E-state index contributed by atoms with van der Waals surface area (Å²) >= 11 is 0. The van der Waals surface area contributed by atoms with E-state index in [-0.39, 0.29) is 5.92 Å². The van der Waals surface area contributed by atoms with E-state index in [4.69, 9.17) is 4.74 Å². The molecular weight excluding hydrogens is 214 g/mol. The lowest BCUT2D eigenvalue weighted by Gasteiger charge is -2.24. The molecule has 1 aromatic rings. The van der Waals surface area contributed by atoms with E-state index >= 15 is 0 Å². The number of hydrogen-bond acceptors (Lipinski definition) is 3. The number of anilines is 1. The molecule has 17 heavy (non-hydrogen) atoms. The molecule has 3 nitrogen and oxygen atoms in total. The van der Waals surface area contributed by atoms with E-state index in [1.165, 1.54) is 11.3 Å². The fraction of sp³-hybridized carbons (Fsp3) is 0.500. The fourth-order valence-electron chi connectivity index (χ4n) is 2.60. The largest absolute Gasteiger partial charge is 0.496 e. The summed E-state index contributed by atoms with van der Waals surface area (Å²) in [6.45, 7) is 5.26. The number of hydrogen-bond donors (Lipinski definition) is 0. The van der Waals surface area contributed by atoms with Crippen molar-refractivity contribution in [3.05, 3.63) is 23.8 Å². The van der Waals surface area contributed by atoms with Crippen LogP contribution in [0.1, 0.15) is 31.7 Å². The van der Waals surface area contributed by atoms with Gasteiger partial charge >= 0.3 is 0 Å². The van der Waals surface area contributed by atoms with Gasteiger partial charge in [0.1, 0.15) is 12.0 Å². The van der Waals surface area contributed by atoms with Crippen molar-refractivity contribution >= 4 is 12.0 Å². The van der Waals surface area contributed by atoms with E-state index in [2.05, 4.69) is 24.8 Å². The lowest BCUT2D eigenvalue weighted by Crippen LogP contribution is -2.29. The molecule has 1 aliphatic heterocycles. The molecule has 2 rings (SSSR count). The van der Waals surface area contributed by atoms with E-state index in [1.54, 1.807) is 7.11 Å². The van der Waals surface area contributed by atoms with Gasteiger partial charge < -0.3 is 14.4 Å². The van der Waals surface area contributed by atoms with Crippen LogP contribution in [0.3, 0.4) is 0 Å². The van der Waals surface area contributed by atoms with Crippen molar-refractivity contribution in [2.45, 2.75) is 32.2 Å². The van der Waals surface area contributed by atoms with Crippen molar-refractivity contribution in [2.75, 3.05) is 18.6 Å². The predicted molar refractivity (Wildman–Crippen MR) is 68.9 cm³/mol. The van der Waals surface area contributed by atoms with E-state index in [1.807, 2.05) is 12.1 Å². The molecule has 0 aliphatic carbocycles. The molecule has 0 saturated heterocycles. The number of methoxy groups -OCH3 is 1. The van der Waals surface area contributed by atoms with Crippen molar-refractivity contribution in [1.82, 2.24) is 0 Å². The number of ether oxygens (including phenoxy) is 1. The summed E-state index contributed by atoms with van der Waals surface area (Å²) in [5.74, 6) is 1.17. The van der Waals surface area contributed by atoms with Gasteiger partial charge in [-0.05, 0) is 26.0 Å². The summed E-state index contributed by atoms with van der Waals surface area (Å²) < 4.78 is 5.42. The Morgan fingerprint density at radius 2 is 2.29 bits per heavy atom. The predicted octanol–water partition coefficient (Wildman–Crippen LogP) is 2.60. The van der Waals surface area contributed by atoms with Crippen LogP contribution in [0.5, 0.6) is 5.75 Å². The molecule has 1 aromatic carbocycles. The number of aldehydes is 1. The van der Waals surface area contributed by atoms with Crippen molar-refractivity contribution in [3.63, 3.8) is 0 Å². The van der Waals surface area contributed by atoms with Gasteiger partial charge in [-0.1, -0.05) is 6.07 Å². The second-order valence-electron chi connectivity index (χ2n) is 4.74. The normalized spacial score (nSPS) is 18.4. The third kappa shape index (κ3) is 2.02. The molecule has 1 heterocycles. The van der Waals surface area contributed by atoms with E-state index in [0.29, 0.717) is 12.5 Å². The SMILES string of the molecule is COc1cccc2c1C(CC=O)CN2C(C)C. The summed E-state index contributed by atoms with van der Waals surface area (Å²) in [5, 5.41) is 0. The summed E-state index contributed by atoms with van der Waals surface area (Å²) in [6.07, 6.45) is 1.57. The maximum Gasteiger partial charge on any atom is 0.124 e. The molecule has 0 saturated carbocycles. The fourth-order valence-corrected chi connectivity index (χ4v) is 2.60. The maximum absolute atomic E-state index is 10.8. The van der Waals surface area contributed by atoms with Gasteiger partial charge in [-0.15, -0.1) is 0 Å². The number of carbonyl (C=O) groups is 1. The third-order valence-corrected chi connectivity index (χ3v) is 3.40. The molecule has 0 radical (unpaired) electrons. The lowest BCUT2D eigenvalue weighted by molar-refractivity contribution is -0.108. The van der Waals surface area contributed by atoms with E-state index in [0.717, 1.165) is 18.6 Å². The Morgan fingerprint density at radius 3 is 2.88 bits per heavy atom. The Bertz CT molecular complexity index is 415. The molecule has 1 atom stereocenters. The number of rotatable bonds is 4. The molecular formula is C14H19NO2. The zero-order valence-corrected chi connectivity index (χ0v) is 10.6. The van der Waals surface area contributed by atoms with Gasteiger partial charge in [0, 0.05) is 36.2 Å². The molecule has 0 bridgehead atoms. The van der Waals surface area contributed by atoms with Crippen LogP contribution >= 0.6 is 0 Å². The Morgan fingerprint density at radius 1 is 1.53 bits per heavy atom. The van der Waals surface area contributed by atoms with Crippen molar-refractivity contribution in [3.8, 4) is 5.75 Å². The van der Waals surface area contributed by atoms with Crippen LogP contribution in [0.15, 0.2) is 18.2 Å².